The zero-order valence-electron chi connectivity index (χ0n) is 15.9. The SMILES string of the molecule is COc1cc(/C=N\NC(=S)NC[C@@H]2CCCO2)ccc1OCc1csc(C)n1. The van der Waals surface area contributed by atoms with Crippen molar-refractivity contribution in [2.75, 3.05) is 20.3 Å². The number of benzene rings is 1. The zero-order chi connectivity index (χ0) is 19.8. The number of thiazole rings is 1. The first-order chi connectivity index (χ1) is 13.6. The average Bonchev–Trinajstić information content (AvgIpc) is 3.36. The van der Waals surface area contributed by atoms with Gasteiger partial charge in [-0.1, -0.05) is 0 Å². The number of hydrazone groups is 1. The normalized spacial score (nSPS) is 16.3. The molecule has 28 heavy (non-hydrogen) atoms. The molecule has 1 aromatic heterocycles. The Morgan fingerprint density at radius 3 is 3.07 bits per heavy atom. The summed E-state index contributed by atoms with van der Waals surface area (Å²) < 4.78 is 16.8. The highest BCUT2D eigenvalue weighted by Gasteiger charge is 2.15. The summed E-state index contributed by atoms with van der Waals surface area (Å²) in [5.41, 5.74) is 4.58. The van der Waals surface area contributed by atoms with E-state index in [1.54, 1.807) is 24.7 Å². The minimum Gasteiger partial charge on any atom is -0.493 e. The van der Waals surface area contributed by atoms with Gasteiger partial charge >= 0.3 is 0 Å². The van der Waals surface area contributed by atoms with Gasteiger partial charge in [0, 0.05) is 18.5 Å². The highest BCUT2D eigenvalue weighted by atomic mass is 32.1. The van der Waals surface area contributed by atoms with Crippen molar-refractivity contribution < 1.29 is 14.2 Å². The van der Waals surface area contributed by atoms with E-state index < -0.39 is 0 Å². The van der Waals surface area contributed by atoms with Crippen molar-refractivity contribution in [1.82, 2.24) is 15.7 Å². The summed E-state index contributed by atoms with van der Waals surface area (Å²) >= 11 is 6.82. The number of nitrogens with zero attached hydrogens (tertiary/aromatic N) is 2. The number of hydrogen-bond donors (Lipinski definition) is 2. The number of methoxy groups -OCH3 is 1. The highest BCUT2D eigenvalue weighted by Crippen LogP contribution is 2.28. The Kier molecular flexibility index (Phi) is 7.58. The van der Waals surface area contributed by atoms with Crippen LogP contribution in [-0.2, 0) is 11.3 Å². The molecular weight excluding hydrogens is 396 g/mol. The summed E-state index contributed by atoms with van der Waals surface area (Å²) in [6.07, 6.45) is 4.08. The van der Waals surface area contributed by atoms with Crippen LogP contribution in [0.1, 0.15) is 29.1 Å². The second kappa shape index (κ2) is 10.4. The van der Waals surface area contributed by atoms with Crippen LogP contribution in [0.3, 0.4) is 0 Å². The number of nitrogens with one attached hydrogen (secondary N) is 2. The summed E-state index contributed by atoms with van der Waals surface area (Å²) in [5.74, 6) is 1.29. The Hall–Kier alpha value is -2.23. The molecule has 1 aromatic carbocycles. The van der Waals surface area contributed by atoms with Gasteiger partial charge in [0.25, 0.3) is 0 Å². The largest absolute Gasteiger partial charge is 0.493 e. The molecule has 0 amide bonds. The fraction of sp³-hybridized carbons (Fsp3) is 0.421. The number of aryl methyl sites for hydroxylation is 1. The first kappa shape index (κ1) is 20.5. The van der Waals surface area contributed by atoms with E-state index in [-0.39, 0.29) is 6.10 Å². The van der Waals surface area contributed by atoms with Gasteiger partial charge in [-0.05, 0) is 55.7 Å². The molecule has 2 aromatic rings. The van der Waals surface area contributed by atoms with Crippen LogP contribution in [0.5, 0.6) is 11.5 Å². The lowest BCUT2D eigenvalue weighted by molar-refractivity contribution is 0.114. The molecule has 2 N–H and O–H groups in total. The van der Waals surface area contributed by atoms with E-state index in [0.717, 1.165) is 35.7 Å². The predicted octanol–water partition coefficient (Wildman–Crippen LogP) is 3.02. The van der Waals surface area contributed by atoms with E-state index >= 15 is 0 Å². The van der Waals surface area contributed by atoms with Crippen molar-refractivity contribution in [2.24, 2.45) is 5.10 Å². The molecule has 9 heteroatoms. The lowest BCUT2D eigenvalue weighted by atomic mass is 10.2. The maximum absolute atomic E-state index is 5.82. The minimum atomic E-state index is 0.230. The molecule has 0 bridgehead atoms. The molecule has 0 aliphatic carbocycles. The second-order valence-electron chi connectivity index (χ2n) is 6.27. The van der Waals surface area contributed by atoms with E-state index in [4.69, 9.17) is 26.4 Å². The van der Waals surface area contributed by atoms with Crippen LogP contribution in [0.15, 0.2) is 28.7 Å². The Morgan fingerprint density at radius 2 is 2.36 bits per heavy atom. The molecule has 0 radical (unpaired) electrons. The van der Waals surface area contributed by atoms with Crippen LogP contribution in [0.25, 0.3) is 0 Å². The van der Waals surface area contributed by atoms with Gasteiger partial charge in [0.15, 0.2) is 16.6 Å². The van der Waals surface area contributed by atoms with Crippen LogP contribution in [0.2, 0.25) is 0 Å². The first-order valence-electron chi connectivity index (χ1n) is 9.04. The van der Waals surface area contributed by atoms with Crippen molar-refractivity contribution in [3.8, 4) is 11.5 Å². The zero-order valence-corrected chi connectivity index (χ0v) is 17.6. The summed E-state index contributed by atoms with van der Waals surface area (Å²) in [7, 11) is 1.61. The van der Waals surface area contributed by atoms with Gasteiger partial charge in [-0.25, -0.2) is 4.98 Å². The molecule has 1 saturated heterocycles. The Bertz CT molecular complexity index is 819. The molecule has 0 unspecified atom stereocenters. The van der Waals surface area contributed by atoms with Gasteiger partial charge in [0.1, 0.15) is 6.61 Å². The number of thiocarbonyl (C=S) groups is 1. The quantitative estimate of drug-likeness (QED) is 0.386. The molecule has 1 aliphatic rings. The Labute approximate surface area is 174 Å². The molecule has 1 atom stereocenters. The van der Waals surface area contributed by atoms with Gasteiger partial charge in [-0.2, -0.15) is 5.10 Å². The van der Waals surface area contributed by atoms with E-state index in [1.165, 1.54) is 0 Å². The summed E-state index contributed by atoms with van der Waals surface area (Å²) in [5, 5.41) is 10.8. The standard InChI is InChI=1S/C19H24N4O3S2/c1-13-22-15(12-28-13)11-26-17-6-5-14(8-18(17)24-2)9-21-23-19(27)20-10-16-4-3-7-25-16/h5-6,8-9,12,16H,3-4,7,10-11H2,1-2H3,(H2,20,23,27)/b21-9-/t16-/m0/s1. The number of rotatable bonds is 8. The van der Waals surface area contributed by atoms with E-state index in [0.29, 0.717) is 29.8 Å². The average molecular weight is 421 g/mol. The molecule has 0 saturated carbocycles. The Balaban J connectivity index is 1.49. The summed E-state index contributed by atoms with van der Waals surface area (Å²) in [6.45, 7) is 3.90. The van der Waals surface area contributed by atoms with Gasteiger partial charge in [0.2, 0.25) is 0 Å². The van der Waals surface area contributed by atoms with Crippen LogP contribution in [0, 0.1) is 6.92 Å². The monoisotopic (exact) mass is 420 g/mol. The van der Waals surface area contributed by atoms with Gasteiger partial charge in [-0.3, -0.25) is 5.43 Å². The van der Waals surface area contributed by atoms with Crippen molar-refractivity contribution in [3.63, 3.8) is 0 Å². The maximum Gasteiger partial charge on any atom is 0.187 e. The predicted molar refractivity (Wildman–Crippen MR) is 114 cm³/mol. The third-order valence-corrected chi connectivity index (χ3v) is 5.18. The van der Waals surface area contributed by atoms with Gasteiger partial charge in [-0.15, -0.1) is 11.3 Å². The Morgan fingerprint density at radius 1 is 1.46 bits per heavy atom. The third kappa shape index (κ3) is 6.15. The van der Waals surface area contributed by atoms with Gasteiger partial charge in [0.05, 0.1) is 30.1 Å². The van der Waals surface area contributed by atoms with E-state index in [2.05, 4.69) is 20.8 Å². The summed E-state index contributed by atoms with van der Waals surface area (Å²) in [4.78, 5) is 4.39. The van der Waals surface area contributed by atoms with Crippen molar-refractivity contribution in [2.45, 2.75) is 32.5 Å². The van der Waals surface area contributed by atoms with Crippen LogP contribution in [-0.4, -0.2) is 42.7 Å². The van der Waals surface area contributed by atoms with Gasteiger partial charge < -0.3 is 19.5 Å². The third-order valence-electron chi connectivity index (χ3n) is 4.12. The molecule has 150 valence electrons. The van der Waals surface area contributed by atoms with Crippen LogP contribution >= 0.6 is 23.6 Å². The number of hydrogen-bond acceptors (Lipinski definition) is 7. The maximum atomic E-state index is 5.82. The minimum absolute atomic E-state index is 0.230. The first-order valence-corrected chi connectivity index (χ1v) is 10.3. The van der Waals surface area contributed by atoms with Crippen molar-refractivity contribution >= 4 is 34.9 Å². The highest BCUT2D eigenvalue weighted by molar-refractivity contribution is 7.80. The molecule has 7 nitrogen and oxygen atoms in total. The topological polar surface area (TPSA) is 77.0 Å². The molecule has 3 rings (SSSR count). The van der Waals surface area contributed by atoms with Crippen molar-refractivity contribution in [1.29, 1.82) is 0 Å². The van der Waals surface area contributed by atoms with E-state index in [9.17, 15) is 0 Å². The van der Waals surface area contributed by atoms with Crippen LogP contribution < -0.4 is 20.2 Å². The smallest absolute Gasteiger partial charge is 0.187 e. The molecule has 0 spiro atoms. The number of aromatic nitrogens is 1. The van der Waals surface area contributed by atoms with E-state index in [1.807, 2.05) is 30.5 Å². The molecular formula is C19H24N4O3S2. The van der Waals surface area contributed by atoms with Crippen molar-refractivity contribution in [3.05, 3.63) is 39.8 Å². The lowest BCUT2D eigenvalue weighted by Gasteiger charge is -2.12. The van der Waals surface area contributed by atoms with Crippen LogP contribution in [0.4, 0.5) is 0 Å². The fourth-order valence-electron chi connectivity index (χ4n) is 2.73. The molecule has 1 aliphatic heterocycles. The molecule has 2 heterocycles. The fourth-order valence-corrected chi connectivity index (χ4v) is 3.46. The lowest BCUT2D eigenvalue weighted by Crippen LogP contribution is -2.37. The second-order valence-corrected chi connectivity index (χ2v) is 7.74. The summed E-state index contributed by atoms with van der Waals surface area (Å²) in [6, 6.07) is 5.61. The number of ether oxygens (including phenoxy) is 3. The molecule has 1 fully saturated rings.